The third-order valence-electron chi connectivity index (χ3n) is 5.98. The SMILES string of the molecule is CC(C)(C)NS(=O)(=O)c1cc(Cl)c(O)c(N2[C@@H]3CC[C@H]2CN(C(=O)c2ccc(F)cc2Cl)C3)c1. The van der Waals surface area contributed by atoms with E-state index in [2.05, 4.69) is 4.72 Å². The largest absolute Gasteiger partial charge is 0.504 e. The summed E-state index contributed by atoms with van der Waals surface area (Å²) in [5, 5.41) is 10.7. The maximum Gasteiger partial charge on any atom is 0.255 e. The number of benzene rings is 2. The summed E-state index contributed by atoms with van der Waals surface area (Å²) in [4.78, 5) is 16.6. The average molecular weight is 530 g/mol. The molecule has 11 heteroatoms. The van der Waals surface area contributed by atoms with E-state index in [9.17, 15) is 22.7 Å². The fourth-order valence-corrected chi connectivity index (χ4v) is 6.66. The zero-order chi connectivity index (χ0) is 25.0. The molecule has 2 saturated heterocycles. The van der Waals surface area contributed by atoms with E-state index in [1.54, 1.807) is 25.7 Å². The van der Waals surface area contributed by atoms with Crippen LogP contribution in [0.1, 0.15) is 44.0 Å². The van der Waals surface area contributed by atoms with Crippen molar-refractivity contribution in [3.8, 4) is 5.75 Å². The lowest BCUT2D eigenvalue weighted by molar-refractivity contribution is 0.0718. The zero-order valence-corrected chi connectivity index (χ0v) is 21.3. The molecule has 34 heavy (non-hydrogen) atoms. The van der Waals surface area contributed by atoms with Crippen LogP contribution in [0.3, 0.4) is 0 Å². The van der Waals surface area contributed by atoms with Gasteiger partial charge in [-0.15, -0.1) is 0 Å². The topological polar surface area (TPSA) is 89.9 Å². The van der Waals surface area contributed by atoms with E-state index in [1.807, 2.05) is 4.90 Å². The van der Waals surface area contributed by atoms with Crippen LogP contribution in [0, 0.1) is 5.82 Å². The molecule has 2 aliphatic rings. The number of phenolic OH excluding ortho intramolecular Hbond substituents is 1. The fraction of sp³-hybridized carbons (Fsp3) is 0.435. The first-order valence-corrected chi connectivity index (χ1v) is 13.1. The van der Waals surface area contributed by atoms with E-state index in [4.69, 9.17) is 23.2 Å². The second-order valence-corrected chi connectivity index (χ2v) is 12.3. The molecule has 0 spiro atoms. The number of rotatable bonds is 4. The van der Waals surface area contributed by atoms with Crippen LogP contribution >= 0.6 is 23.2 Å². The fourth-order valence-electron chi connectivity index (χ4n) is 4.67. The number of piperazine rings is 1. The highest BCUT2D eigenvalue weighted by Gasteiger charge is 2.43. The zero-order valence-electron chi connectivity index (χ0n) is 19.0. The van der Waals surface area contributed by atoms with E-state index >= 15 is 0 Å². The van der Waals surface area contributed by atoms with E-state index in [0.29, 0.717) is 18.8 Å². The van der Waals surface area contributed by atoms with Gasteiger partial charge in [-0.05, 0) is 63.9 Å². The van der Waals surface area contributed by atoms with Gasteiger partial charge in [0.25, 0.3) is 5.91 Å². The molecule has 2 heterocycles. The highest BCUT2D eigenvalue weighted by atomic mass is 35.5. The third-order valence-corrected chi connectivity index (χ3v) is 8.31. The lowest BCUT2D eigenvalue weighted by Crippen LogP contribution is -2.55. The van der Waals surface area contributed by atoms with Crippen molar-refractivity contribution in [1.82, 2.24) is 9.62 Å². The van der Waals surface area contributed by atoms with Crippen molar-refractivity contribution in [2.75, 3.05) is 18.0 Å². The Balaban J connectivity index is 1.64. The van der Waals surface area contributed by atoms with Crippen molar-refractivity contribution in [3.63, 3.8) is 0 Å². The Hall–Kier alpha value is -2.07. The number of aromatic hydroxyl groups is 1. The molecule has 184 valence electrons. The maximum atomic E-state index is 13.4. The van der Waals surface area contributed by atoms with Gasteiger partial charge in [0, 0.05) is 30.7 Å². The van der Waals surface area contributed by atoms with Crippen LogP contribution in [0.2, 0.25) is 10.0 Å². The van der Waals surface area contributed by atoms with Crippen LogP contribution in [0.25, 0.3) is 0 Å². The van der Waals surface area contributed by atoms with Gasteiger partial charge in [0.05, 0.1) is 26.2 Å². The molecule has 2 aromatic rings. The van der Waals surface area contributed by atoms with Gasteiger partial charge in [-0.3, -0.25) is 4.79 Å². The molecule has 2 N–H and O–H groups in total. The molecule has 0 unspecified atom stereocenters. The number of hydrogen-bond acceptors (Lipinski definition) is 5. The molecule has 0 aliphatic carbocycles. The highest BCUT2D eigenvalue weighted by molar-refractivity contribution is 7.89. The Kier molecular flexibility index (Phi) is 6.52. The molecule has 2 fully saturated rings. The van der Waals surface area contributed by atoms with Crippen molar-refractivity contribution in [2.24, 2.45) is 0 Å². The molecule has 4 rings (SSSR count). The molecule has 2 aliphatic heterocycles. The lowest BCUT2D eigenvalue weighted by Gasteiger charge is -2.43. The first-order chi connectivity index (χ1) is 15.8. The number of anilines is 1. The summed E-state index contributed by atoms with van der Waals surface area (Å²) in [6.07, 6.45) is 1.50. The normalized spacial score (nSPS) is 20.6. The Morgan fingerprint density at radius 2 is 1.71 bits per heavy atom. The Bertz CT molecular complexity index is 1240. The molecule has 0 radical (unpaired) electrons. The summed E-state index contributed by atoms with van der Waals surface area (Å²) in [5.74, 6) is -1.02. The van der Waals surface area contributed by atoms with E-state index in [0.717, 1.165) is 18.9 Å². The molecule has 2 aromatic carbocycles. The van der Waals surface area contributed by atoms with Crippen LogP contribution < -0.4 is 9.62 Å². The molecule has 7 nitrogen and oxygen atoms in total. The van der Waals surface area contributed by atoms with Gasteiger partial charge in [-0.1, -0.05) is 23.2 Å². The predicted molar refractivity (Wildman–Crippen MR) is 130 cm³/mol. The molecule has 2 bridgehead atoms. The smallest absolute Gasteiger partial charge is 0.255 e. The van der Waals surface area contributed by atoms with Crippen LogP contribution in [-0.2, 0) is 10.0 Å². The number of likely N-dealkylation sites (tertiary alicyclic amines) is 1. The van der Waals surface area contributed by atoms with Gasteiger partial charge in [0.1, 0.15) is 5.82 Å². The van der Waals surface area contributed by atoms with Crippen molar-refractivity contribution < 1.29 is 22.7 Å². The number of carbonyl (C=O) groups excluding carboxylic acids is 1. The molecular formula is C23H26Cl2FN3O4S. The number of amides is 1. The lowest BCUT2D eigenvalue weighted by atomic mass is 10.1. The summed E-state index contributed by atoms with van der Waals surface area (Å²) in [6.45, 7) is 5.89. The predicted octanol–water partition coefficient (Wildman–Crippen LogP) is 4.41. The van der Waals surface area contributed by atoms with Crippen LogP contribution in [0.4, 0.5) is 10.1 Å². The molecule has 0 saturated carbocycles. The summed E-state index contributed by atoms with van der Waals surface area (Å²) < 4.78 is 41.8. The van der Waals surface area contributed by atoms with Crippen molar-refractivity contribution in [1.29, 1.82) is 0 Å². The van der Waals surface area contributed by atoms with Crippen molar-refractivity contribution in [2.45, 2.75) is 56.1 Å². The monoisotopic (exact) mass is 529 g/mol. The van der Waals surface area contributed by atoms with Gasteiger partial charge in [0.2, 0.25) is 10.0 Å². The molecule has 1 amide bonds. The second kappa shape index (κ2) is 8.86. The standard InChI is InChI=1S/C23H26Cl2FN3O4S/c1-23(2,3)27-34(32,33)16-9-19(25)21(30)20(10-16)29-14-5-6-15(29)12-28(11-14)22(31)17-7-4-13(26)8-18(17)24/h4,7-10,14-15,27,30H,5-6,11-12H2,1-3H3/t14-,15+. The Morgan fingerprint density at radius 1 is 1.09 bits per heavy atom. The minimum absolute atomic E-state index is 0.0452. The summed E-state index contributed by atoms with van der Waals surface area (Å²) in [7, 11) is -3.88. The highest BCUT2D eigenvalue weighted by Crippen LogP contribution is 2.44. The number of halogens is 3. The summed E-state index contributed by atoms with van der Waals surface area (Å²) >= 11 is 12.3. The van der Waals surface area contributed by atoms with E-state index < -0.39 is 21.4 Å². The number of nitrogens with zero attached hydrogens (tertiary/aromatic N) is 2. The van der Waals surface area contributed by atoms with Crippen molar-refractivity contribution in [3.05, 3.63) is 51.8 Å². The van der Waals surface area contributed by atoms with E-state index in [-0.39, 0.29) is 44.2 Å². The van der Waals surface area contributed by atoms with E-state index in [1.165, 1.54) is 24.3 Å². The van der Waals surface area contributed by atoms with Gasteiger partial charge in [-0.25, -0.2) is 17.5 Å². The second-order valence-electron chi connectivity index (χ2n) is 9.75. The summed E-state index contributed by atoms with van der Waals surface area (Å²) in [6, 6.07) is 6.02. The number of fused-ring (bicyclic) bond motifs is 2. The van der Waals surface area contributed by atoms with Gasteiger partial charge >= 0.3 is 0 Å². The number of nitrogens with one attached hydrogen (secondary N) is 1. The number of phenols is 1. The van der Waals surface area contributed by atoms with Gasteiger partial charge in [0.15, 0.2) is 5.75 Å². The molecule has 0 aromatic heterocycles. The molecule has 2 atom stereocenters. The average Bonchev–Trinajstić information content (AvgIpc) is 2.96. The number of sulfonamides is 1. The minimum Gasteiger partial charge on any atom is -0.504 e. The van der Waals surface area contributed by atoms with Crippen LogP contribution in [0.15, 0.2) is 35.2 Å². The Morgan fingerprint density at radius 3 is 2.26 bits per heavy atom. The first kappa shape index (κ1) is 25.0. The van der Waals surface area contributed by atoms with Gasteiger partial charge < -0.3 is 14.9 Å². The first-order valence-electron chi connectivity index (χ1n) is 10.9. The maximum absolute atomic E-state index is 13.4. The Labute approximate surface area is 208 Å². The third kappa shape index (κ3) is 4.84. The number of hydrogen-bond donors (Lipinski definition) is 2. The number of carbonyl (C=O) groups is 1. The van der Waals surface area contributed by atoms with Crippen LogP contribution in [0.5, 0.6) is 5.75 Å². The van der Waals surface area contributed by atoms with Crippen LogP contribution in [-0.4, -0.2) is 55.0 Å². The van der Waals surface area contributed by atoms with Crippen molar-refractivity contribution >= 4 is 44.8 Å². The molecular weight excluding hydrogens is 504 g/mol. The minimum atomic E-state index is -3.88. The van der Waals surface area contributed by atoms with Gasteiger partial charge in [-0.2, -0.15) is 0 Å². The summed E-state index contributed by atoms with van der Waals surface area (Å²) in [5.41, 5.74) is -0.153. The quantitative estimate of drug-likeness (QED) is 0.612.